The van der Waals surface area contributed by atoms with Crippen LogP contribution >= 0.6 is 0 Å². The number of carbonyl (C=O) groups is 4. The SMILES string of the molecule is C=CC[C@H](NC(=O)OC(C)(C)C)C(=O)N1CC[C@@H]2[C@H]1[C@@H](OC(=O)Nc1ccccc1)CN2C(=O)OCc1ccccc1. The third kappa shape index (κ3) is 7.80. The molecule has 2 aliphatic rings. The zero-order valence-electron chi connectivity index (χ0n) is 24.2. The Morgan fingerprint density at radius 2 is 1.67 bits per heavy atom. The summed E-state index contributed by atoms with van der Waals surface area (Å²) in [5.41, 5.74) is 0.630. The predicted octanol–water partition coefficient (Wildman–Crippen LogP) is 4.70. The van der Waals surface area contributed by atoms with Crippen LogP contribution in [0.1, 0.15) is 39.2 Å². The number of benzene rings is 2. The van der Waals surface area contributed by atoms with E-state index >= 15 is 0 Å². The van der Waals surface area contributed by atoms with E-state index in [0.717, 1.165) is 5.56 Å². The molecule has 2 N–H and O–H groups in total. The molecule has 0 unspecified atom stereocenters. The molecular weight excluding hydrogens is 540 g/mol. The number of likely N-dealkylation sites (tertiary alicyclic amines) is 2. The van der Waals surface area contributed by atoms with Crippen molar-refractivity contribution in [1.29, 1.82) is 0 Å². The summed E-state index contributed by atoms with van der Waals surface area (Å²) in [4.78, 5) is 55.5. The number of para-hydroxylation sites is 1. The van der Waals surface area contributed by atoms with Crippen LogP contribution < -0.4 is 10.6 Å². The van der Waals surface area contributed by atoms with Gasteiger partial charge in [-0.05, 0) is 51.3 Å². The fraction of sp³-hybridized carbons (Fsp3) is 0.419. The predicted molar refractivity (Wildman–Crippen MR) is 156 cm³/mol. The van der Waals surface area contributed by atoms with E-state index in [1.165, 1.54) is 11.0 Å². The summed E-state index contributed by atoms with van der Waals surface area (Å²) >= 11 is 0. The van der Waals surface area contributed by atoms with Gasteiger partial charge in [-0.1, -0.05) is 54.6 Å². The van der Waals surface area contributed by atoms with Crippen molar-refractivity contribution in [2.24, 2.45) is 0 Å². The molecule has 0 aliphatic carbocycles. The van der Waals surface area contributed by atoms with Crippen molar-refractivity contribution in [2.75, 3.05) is 18.4 Å². The van der Waals surface area contributed by atoms with Gasteiger partial charge in [0, 0.05) is 12.2 Å². The molecule has 4 amide bonds. The van der Waals surface area contributed by atoms with Gasteiger partial charge in [-0.2, -0.15) is 0 Å². The Morgan fingerprint density at radius 1 is 1.00 bits per heavy atom. The number of carbonyl (C=O) groups excluding carboxylic acids is 4. The molecule has 2 aliphatic heterocycles. The Bertz CT molecular complexity index is 1270. The molecule has 0 aromatic heterocycles. The van der Waals surface area contributed by atoms with Crippen LogP contribution in [0.2, 0.25) is 0 Å². The second kappa shape index (κ2) is 13.4. The third-order valence-electron chi connectivity index (χ3n) is 6.97. The van der Waals surface area contributed by atoms with Gasteiger partial charge in [0.25, 0.3) is 0 Å². The van der Waals surface area contributed by atoms with E-state index in [4.69, 9.17) is 14.2 Å². The van der Waals surface area contributed by atoms with Gasteiger partial charge >= 0.3 is 18.3 Å². The minimum atomic E-state index is -0.950. The quantitative estimate of drug-likeness (QED) is 0.344. The molecule has 224 valence electrons. The van der Waals surface area contributed by atoms with Gasteiger partial charge in [-0.15, -0.1) is 6.58 Å². The molecular formula is C31H38N4O7. The number of nitrogens with one attached hydrogen (secondary N) is 2. The summed E-state index contributed by atoms with van der Waals surface area (Å²) in [6, 6.07) is 16.1. The van der Waals surface area contributed by atoms with Gasteiger partial charge in [-0.25, -0.2) is 14.4 Å². The van der Waals surface area contributed by atoms with E-state index in [1.54, 1.807) is 49.9 Å². The molecule has 4 rings (SSSR count). The lowest BCUT2D eigenvalue weighted by Gasteiger charge is -2.31. The lowest BCUT2D eigenvalue weighted by molar-refractivity contribution is -0.135. The summed E-state index contributed by atoms with van der Waals surface area (Å²) in [7, 11) is 0. The third-order valence-corrected chi connectivity index (χ3v) is 6.97. The Morgan fingerprint density at radius 3 is 2.31 bits per heavy atom. The van der Waals surface area contributed by atoms with Crippen LogP contribution in [-0.4, -0.2) is 76.9 Å². The first kappa shape index (κ1) is 30.4. The maximum Gasteiger partial charge on any atom is 0.412 e. The Labute approximate surface area is 245 Å². The average molecular weight is 579 g/mol. The number of fused-ring (bicyclic) bond motifs is 1. The van der Waals surface area contributed by atoms with Crippen LogP contribution in [0.5, 0.6) is 0 Å². The van der Waals surface area contributed by atoms with Gasteiger partial charge in [0.1, 0.15) is 24.4 Å². The number of nitrogens with zero attached hydrogens (tertiary/aromatic N) is 2. The second-order valence-corrected chi connectivity index (χ2v) is 11.2. The molecule has 2 heterocycles. The van der Waals surface area contributed by atoms with Crippen LogP contribution in [0.4, 0.5) is 20.1 Å². The van der Waals surface area contributed by atoms with Gasteiger partial charge in [0.15, 0.2) is 0 Å². The van der Waals surface area contributed by atoms with Crippen molar-refractivity contribution in [3.05, 3.63) is 78.9 Å². The number of alkyl carbamates (subject to hydrolysis) is 1. The first-order valence-corrected chi connectivity index (χ1v) is 14.0. The highest BCUT2D eigenvalue weighted by molar-refractivity contribution is 5.87. The Hall–Kier alpha value is -4.54. The van der Waals surface area contributed by atoms with Gasteiger partial charge in [0.2, 0.25) is 5.91 Å². The van der Waals surface area contributed by atoms with E-state index in [0.29, 0.717) is 18.7 Å². The van der Waals surface area contributed by atoms with E-state index < -0.39 is 48.1 Å². The normalized spacial score (nSPS) is 20.2. The van der Waals surface area contributed by atoms with Crippen molar-refractivity contribution in [2.45, 2.75) is 70.1 Å². The minimum Gasteiger partial charge on any atom is -0.445 e. The van der Waals surface area contributed by atoms with Crippen LogP contribution in [0.25, 0.3) is 0 Å². The maximum atomic E-state index is 13.8. The van der Waals surface area contributed by atoms with Crippen molar-refractivity contribution < 1.29 is 33.4 Å². The van der Waals surface area contributed by atoms with Crippen molar-refractivity contribution in [3.63, 3.8) is 0 Å². The van der Waals surface area contributed by atoms with Crippen LogP contribution in [0, 0.1) is 0 Å². The summed E-state index contributed by atoms with van der Waals surface area (Å²) < 4.78 is 16.8. The fourth-order valence-electron chi connectivity index (χ4n) is 5.25. The molecule has 2 saturated heterocycles. The molecule has 11 nitrogen and oxygen atoms in total. The maximum absolute atomic E-state index is 13.8. The smallest absolute Gasteiger partial charge is 0.412 e. The Balaban J connectivity index is 1.52. The molecule has 0 bridgehead atoms. The van der Waals surface area contributed by atoms with Crippen LogP contribution in [-0.2, 0) is 25.6 Å². The van der Waals surface area contributed by atoms with E-state index in [2.05, 4.69) is 17.2 Å². The fourth-order valence-corrected chi connectivity index (χ4v) is 5.25. The minimum absolute atomic E-state index is 0.0422. The molecule has 0 saturated carbocycles. The average Bonchev–Trinajstić information content (AvgIpc) is 3.52. The number of hydrogen-bond acceptors (Lipinski definition) is 7. The molecule has 2 aromatic rings. The lowest BCUT2D eigenvalue weighted by Crippen LogP contribution is -2.54. The second-order valence-electron chi connectivity index (χ2n) is 11.2. The van der Waals surface area contributed by atoms with E-state index in [9.17, 15) is 19.2 Å². The Kier molecular flexibility index (Phi) is 9.72. The van der Waals surface area contributed by atoms with Crippen molar-refractivity contribution in [1.82, 2.24) is 15.1 Å². The van der Waals surface area contributed by atoms with Crippen molar-refractivity contribution >= 4 is 29.9 Å². The summed E-state index contributed by atoms with van der Waals surface area (Å²) in [6.45, 7) is 9.33. The highest BCUT2D eigenvalue weighted by Gasteiger charge is 2.54. The molecule has 2 aromatic carbocycles. The first-order valence-electron chi connectivity index (χ1n) is 14.0. The summed E-state index contributed by atoms with van der Waals surface area (Å²) in [5.74, 6) is -0.384. The monoisotopic (exact) mass is 578 g/mol. The zero-order valence-corrected chi connectivity index (χ0v) is 24.2. The van der Waals surface area contributed by atoms with Crippen LogP contribution in [0.15, 0.2) is 73.3 Å². The number of rotatable bonds is 8. The number of amides is 4. The van der Waals surface area contributed by atoms with E-state index in [1.807, 2.05) is 36.4 Å². The summed E-state index contributed by atoms with van der Waals surface area (Å²) in [5, 5.41) is 5.33. The van der Waals surface area contributed by atoms with Gasteiger partial charge in [-0.3, -0.25) is 15.0 Å². The molecule has 4 atom stereocenters. The highest BCUT2D eigenvalue weighted by atomic mass is 16.6. The highest BCUT2D eigenvalue weighted by Crippen LogP contribution is 2.35. The van der Waals surface area contributed by atoms with Gasteiger partial charge < -0.3 is 24.4 Å². The molecule has 11 heteroatoms. The first-order chi connectivity index (χ1) is 20.1. The molecule has 42 heavy (non-hydrogen) atoms. The number of ether oxygens (including phenoxy) is 3. The molecule has 2 fully saturated rings. The van der Waals surface area contributed by atoms with E-state index in [-0.39, 0.29) is 25.5 Å². The molecule has 0 radical (unpaired) electrons. The number of anilines is 1. The zero-order chi connectivity index (χ0) is 30.3. The van der Waals surface area contributed by atoms with Crippen molar-refractivity contribution in [3.8, 4) is 0 Å². The largest absolute Gasteiger partial charge is 0.445 e. The molecule has 0 spiro atoms. The standard InChI is InChI=1S/C31H38N4O7/c1-5-12-23(33-29(38)42-31(2,3)4)27(36)34-18-17-24-26(34)25(41-28(37)32-22-15-10-7-11-16-22)19-35(24)30(39)40-20-21-13-8-6-9-14-21/h5-11,13-16,23-26H,1,12,17-20H2,2-4H3,(H,32,37)(H,33,38)/t23-,24+,25-,26-/m0/s1. The summed E-state index contributed by atoms with van der Waals surface area (Å²) in [6.07, 6.45) is -0.688. The van der Waals surface area contributed by atoms with Gasteiger partial charge in [0.05, 0.1) is 18.6 Å². The van der Waals surface area contributed by atoms with Crippen LogP contribution in [0.3, 0.4) is 0 Å². The topological polar surface area (TPSA) is 127 Å². The number of hydrogen-bond donors (Lipinski definition) is 2. The lowest BCUT2D eigenvalue weighted by atomic mass is 10.1.